The van der Waals surface area contributed by atoms with E-state index in [9.17, 15) is 0 Å². The quantitative estimate of drug-likeness (QED) is 0.713. The second-order valence-electron chi connectivity index (χ2n) is 5.47. The Bertz CT molecular complexity index is 249. The fourth-order valence-corrected chi connectivity index (χ4v) is 2.53. The topological polar surface area (TPSA) is 32.5 Å². The third-order valence-electron chi connectivity index (χ3n) is 3.87. The molecule has 94 valence electrons. The number of likely N-dealkylation sites (N-methyl/N-ethyl adjacent to an activating group) is 2. The van der Waals surface area contributed by atoms with Crippen LogP contribution in [0.1, 0.15) is 26.2 Å². The van der Waals surface area contributed by atoms with Gasteiger partial charge in [-0.3, -0.25) is 0 Å². The first-order valence-corrected chi connectivity index (χ1v) is 6.43. The zero-order valence-corrected chi connectivity index (χ0v) is 11.8. The molecule has 0 bridgehead atoms. The molecule has 1 atom stereocenters. The molecule has 1 saturated carbocycles. The standard InChI is InChI=1S/C12H25N3S/c1-10(11(13)16)8-15(4)9-12(14(2)3)6-5-7-12/h10H,5-9H2,1-4H3,(H2,13,16). The lowest BCUT2D eigenvalue weighted by molar-refractivity contribution is 0.0265. The number of hydrogen-bond acceptors (Lipinski definition) is 3. The lowest BCUT2D eigenvalue weighted by atomic mass is 9.75. The van der Waals surface area contributed by atoms with Crippen molar-refractivity contribution in [3.63, 3.8) is 0 Å². The maximum Gasteiger partial charge on any atom is 0.0768 e. The number of nitrogens with two attached hydrogens (primary N) is 1. The minimum absolute atomic E-state index is 0.305. The Morgan fingerprint density at radius 2 is 1.94 bits per heavy atom. The van der Waals surface area contributed by atoms with Crippen LogP contribution in [0.3, 0.4) is 0 Å². The Morgan fingerprint density at radius 1 is 1.38 bits per heavy atom. The fraction of sp³-hybridized carbons (Fsp3) is 0.917. The molecule has 1 fully saturated rings. The summed E-state index contributed by atoms with van der Waals surface area (Å²) < 4.78 is 0. The second kappa shape index (κ2) is 5.43. The predicted octanol–water partition coefficient (Wildman–Crippen LogP) is 1.32. The van der Waals surface area contributed by atoms with Gasteiger partial charge in [0.2, 0.25) is 0 Å². The molecule has 0 heterocycles. The van der Waals surface area contributed by atoms with Gasteiger partial charge in [-0.1, -0.05) is 19.1 Å². The molecular weight excluding hydrogens is 218 g/mol. The number of hydrogen-bond donors (Lipinski definition) is 1. The van der Waals surface area contributed by atoms with Crippen LogP contribution in [0.5, 0.6) is 0 Å². The highest BCUT2D eigenvalue weighted by atomic mass is 32.1. The van der Waals surface area contributed by atoms with Gasteiger partial charge in [-0.2, -0.15) is 0 Å². The van der Waals surface area contributed by atoms with Crippen molar-refractivity contribution in [3.8, 4) is 0 Å². The summed E-state index contributed by atoms with van der Waals surface area (Å²) >= 11 is 5.01. The van der Waals surface area contributed by atoms with E-state index >= 15 is 0 Å². The zero-order chi connectivity index (χ0) is 12.3. The van der Waals surface area contributed by atoms with Crippen LogP contribution in [0.25, 0.3) is 0 Å². The summed E-state index contributed by atoms with van der Waals surface area (Å²) in [7, 11) is 6.53. The summed E-state index contributed by atoms with van der Waals surface area (Å²) in [6.07, 6.45) is 3.98. The molecule has 0 aromatic heterocycles. The van der Waals surface area contributed by atoms with E-state index in [-0.39, 0.29) is 0 Å². The molecule has 3 nitrogen and oxygen atoms in total. The minimum Gasteiger partial charge on any atom is -0.393 e. The van der Waals surface area contributed by atoms with Crippen LogP contribution in [0.2, 0.25) is 0 Å². The van der Waals surface area contributed by atoms with E-state index in [1.165, 1.54) is 19.3 Å². The third kappa shape index (κ3) is 3.15. The molecule has 0 radical (unpaired) electrons. The van der Waals surface area contributed by atoms with Crippen LogP contribution in [-0.4, -0.2) is 54.6 Å². The third-order valence-corrected chi connectivity index (χ3v) is 4.27. The van der Waals surface area contributed by atoms with Crippen molar-refractivity contribution in [2.24, 2.45) is 11.7 Å². The van der Waals surface area contributed by atoms with Crippen LogP contribution in [0.4, 0.5) is 0 Å². The van der Waals surface area contributed by atoms with Crippen LogP contribution in [0, 0.1) is 5.92 Å². The first-order valence-electron chi connectivity index (χ1n) is 6.03. The van der Waals surface area contributed by atoms with E-state index in [0.29, 0.717) is 16.4 Å². The van der Waals surface area contributed by atoms with Gasteiger partial charge < -0.3 is 15.5 Å². The zero-order valence-electron chi connectivity index (χ0n) is 11.0. The summed E-state index contributed by atoms with van der Waals surface area (Å²) in [4.78, 5) is 5.36. The SMILES string of the molecule is CC(CN(C)CC1(N(C)C)CCC1)C(N)=S. The maximum absolute atomic E-state index is 5.65. The van der Waals surface area contributed by atoms with Crippen molar-refractivity contribution in [2.75, 3.05) is 34.2 Å². The van der Waals surface area contributed by atoms with Crippen molar-refractivity contribution >= 4 is 17.2 Å². The van der Waals surface area contributed by atoms with Gasteiger partial charge in [-0.05, 0) is 40.4 Å². The van der Waals surface area contributed by atoms with Crippen molar-refractivity contribution < 1.29 is 0 Å². The highest BCUT2D eigenvalue weighted by Crippen LogP contribution is 2.36. The smallest absolute Gasteiger partial charge is 0.0768 e. The fourth-order valence-electron chi connectivity index (χ4n) is 2.46. The first-order chi connectivity index (χ1) is 7.37. The van der Waals surface area contributed by atoms with E-state index in [2.05, 4.69) is 37.9 Å². The summed E-state index contributed by atoms with van der Waals surface area (Å²) in [5, 5.41) is 0. The Hall–Kier alpha value is -0.190. The highest BCUT2D eigenvalue weighted by molar-refractivity contribution is 7.80. The normalized spacial score (nSPS) is 20.9. The lowest BCUT2D eigenvalue weighted by Crippen LogP contribution is -2.57. The van der Waals surface area contributed by atoms with Gasteiger partial charge in [-0.25, -0.2) is 0 Å². The van der Waals surface area contributed by atoms with Gasteiger partial charge in [0, 0.05) is 24.5 Å². The predicted molar refractivity (Wildman–Crippen MR) is 73.7 cm³/mol. The molecule has 0 aliphatic heterocycles. The minimum atomic E-state index is 0.305. The van der Waals surface area contributed by atoms with Crippen molar-refractivity contribution in [2.45, 2.75) is 31.7 Å². The van der Waals surface area contributed by atoms with Crippen LogP contribution < -0.4 is 5.73 Å². The van der Waals surface area contributed by atoms with E-state index in [4.69, 9.17) is 18.0 Å². The summed E-state index contributed by atoms with van der Waals surface area (Å²) in [6, 6.07) is 0. The summed E-state index contributed by atoms with van der Waals surface area (Å²) in [5.41, 5.74) is 6.04. The molecule has 1 rings (SSSR count). The summed E-state index contributed by atoms with van der Waals surface area (Å²) in [6.45, 7) is 4.18. The highest BCUT2D eigenvalue weighted by Gasteiger charge is 2.39. The molecule has 0 saturated heterocycles. The number of thiocarbonyl (C=S) groups is 1. The van der Waals surface area contributed by atoms with Crippen molar-refractivity contribution in [3.05, 3.63) is 0 Å². The van der Waals surface area contributed by atoms with Gasteiger partial charge in [0.1, 0.15) is 0 Å². The molecular formula is C12H25N3S. The average molecular weight is 243 g/mol. The molecule has 16 heavy (non-hydrogen) atoms. The average Bonchev–Trinajstić information content (AvgIpc) is 2.10. The van der Waals surface area contributed by atoms with Crippen LogP contribution in [-0.2, 0) is 0 Å². The van der Waals surface area contributed by atoms with E-state index < -0.39 is 0 Å². The molecule has 4 heteroatoms. The molecule has 1 unspecified atom stereocenters. The van der Waals surface area contributed by atoms with Crippen LogP contribution in [0.15, 0.2) is 0 Å². The van der Waals surface area contributed by atoms with Crippen LogP contribution >= 0.6 is 12.2 Å². The molecule has 1 aliphatic rings. The van der Waals surface area contributed by atoms with Gasteiger partial charge >= 0.3 is 0 Å². The Balaban J connectivity index is 2.44. The van der Waals surface area contributed by atoms with Gasteiger partial charge in [0.05, 0.1) is 4.99 Å². The van der Waals surface area contributed by atoms with Gasteiger partial charge in [-0.15, -0.1) is 0 Å². The number of rotatable bonds is 6. The van der Waals surface area contributed by atoms with Crippen molar-refractivity contribution in [1.29, 1.82) is 0 Å². The van der Waals surface area contributed by atoms with Gasteiger partial charge in [0.25, 0.3) is 0 Å². The monoisotopic (exact) mass is 243 g/mol. The molecule has 2 N–H and O–H groups in total. The second-order valence-corrected chi connectivity index (χ2v) is 5.94. The Labute approximate surface area is 105 Å². The van der Waals surface area contributed by atoms with Gasteiger partial charge in [0.15, 0.2) is 0 Å². The molecule has 0 spiro atoms. The van der Waals surface area contributed by atoms with Crippen molar-refractivity contribution in [1.82, 2.24) is 9.80 Å². The molecule has 0 aromatic carbocycles. The van der Waals surface area contributed by atoms with E-state index in [1.807, 2.05) is 0 Å². The Kier molecular flexibility index (Phi) is 4.71. The summed E-state index contributed by atoms with van der Waals surface area (Å²) in [5.74, 6) is 0.305. The molecule has 0 amide bonds. The number of nitrogens with zero attached hydrogens (tertiary/aromatic N) is 2. The lowest BCUT2D eigenvalue weighted by Gasteiger charge is -2.49. The van der Waals surface area contributed by atoms with E-state index in [1.54, 1.807) is 0 Å². The Morgan fingerprint density at radius 3 is 2.25 bits per heavy atom. The molecule has 1 aliphatic carbocycles. The largest absolute Gasteiger partial charge is 0.393 e. The maximum atomic E-state index is 5.65. The molecule has 0 aromatic rings. The van der Waals surface area contributed by atoms with E-state index in [0.717, 1.165) is 13.1 Å². The first kappa shape index (κ1) is 13.9.